The first-order valence-electron chi connectivity index (χ1n) is 8.65. The van der Waals surface area contributed by atoms with E-state index in [2.05, 4.69) is 20.1 Å². The number of nitrogens with one attached hydrogen (secondary N) is 2. The molecule has 148 valence electrons. The predicted molar refractivity (Wildman–Crippen MR) is 105 cm³/mol. The molecule has 8 nitrogen and oxygen atoms in total. The summed E-state index contributed by atoms with van der Waals surface area (Å²) in [7, 11) is -3.69. The molecule has 29 heavy (non-hydrogen) atoms. The summed E-state index contributed by atoms with van der Waals surface area (Å²) in [4.78, 5) is 16.8. The number of amidine groups is 1. The predicted octanol–water partition coefficient (Wildman–Crippen LogP) is 2.08. The maximum atomic E-state index is 14.3. The number of sulfonamides is 1. The molecule has 0 aliphatic carbocycles. The molecular formula is C19H16FN5O3S. The number of aromatic nitrogens is 2. The number of benzene rings is 2. The Bertz CT molecular complexity index is 1220. The maximum absolute atomic E-state index is 14.3. The number of carbonyl (C=O) groups is 1. The topological polar surface area (TPSA) is 105 Å². The number of amides is 1. The molecule has 1 aliphatic heterocycles. The van der Waals surface area contributed by atoms with E-state index in [1.165, 1.54) is 36.0 Å². The summed E-state index contributed by atoms with van der Waals surface area (Å²) in [5, 5.41) is 6.55. The molecule has 0 unspecified atom stereocenters. The van der Waals surface area contributed by atoms with Crippen LogP contribution in [0.4, 0.5) is 10.1 Å². The van der Waals surface area contributed by atoms with Crippen molar-refractivity contribution < 1.29 is 17.6 Å². The normalized spacial score (nSPS) is 16.8. The van der Waals surface area contributed by atoms with Gasteiger partial charge in [-0.2, -0.15) is 5.10 Å². The van der Waals surface area contributed by atoms with Crippen LogP contribution in [0.5, 0.6) is 0 Å². The fourth-order valence-corrected chi connectivity index (χ4v) is 4.15. The van der Waals surface area contributed by atoms with E-state index in [-0.39, 0.29) is 22.1 Å². The Morgan fingerprint density at radius 2 is 2.03 bits per heavy atom. The lowest BCUT2D eigenvalue weighted by atomic mass is 10.2. The van der Waals surface area contributed by atoms with E-state index in [4.69, 9.17) is 0 Å². The molecule has 0 fully saturated rings. The van der Waals surface area contributed by atoms with Crippen LogP contribution in [0.1, 0.15) is 12.5 Å². The van der Waals surface area contributed by atoms with E-state index in [0.717, 1.165) is 0 Å². The average molecular weight is 413 g/mol. The lowest BCUT2D eigenvalue weighted by molar-refractivity contribution is -0.117. The van der Waals surface area contributed by atoms with Crippen LogP contribution in [0.3, 0.4) is 0 Å². The number of hydrogen-bond acceptors (Lipinski definition) is 5. The summed E-state index contributed by atoms with van der Waals surface area (Å²) in [6.07, 6.45) is 3.14. The highest BCUT2D eigenvalue weighted by Crippen LogP contribution is 2.23. The summed E-state index contributed by atoms with van der Waals surface area (Å²) >= 11 is 0. The standard InChI is InChI=1S/C19H16FN5O3S/c1-12(22-18-14-5-2-3-6-17(14)29(27,28)24-18)19(26)23-13-7-8-16(15(20)11-13)25-10-4-9-21-25/h2-12H,1H3,(H,22,24)(H,23,26)/t12-/m0/s1. The lowest BCUT2D eigenvalue weighted by Crippen LogP contribution is -2.29. The van der Waals surface area contributed by atoms with Crippen LogP contribution < -0.4 is 10.0 Å². The van der Waals surface area contributed by atoms with Gasteiger partial charge in [-0.15, -0.1) is 0 Å². The Hall–Kier alpha value is -3.53. The molecule has 1 amide bonds. The van der Waals surface area contributed by atoms with E-state index >= 15 is 0 Å². The Balaban J connectivity index is 1.52. The van der Waals surface area contributed by atoms with Crippen LogP contribution in [-0.4, -0.2) is 36.0 Å². The highest BCUT2D eigenvalue weighted by molar-refractivity contribution is 7.90. The minimum Gasteiger partial charge on any atom is -0.324 e. The fourth-order valence-electron chi connectivity index (χ4n) is 2.91. The second kappa shape index (κ2) is 7.13. The van der Waals surface area contributed by atoms with Gasteiger partial charge in [-0.3, -0.25) is 14.5 Å². The molecule has 0 radical (unpaired) electrons. The van der Waals surface area contributed by atoms with Gasteiger partial charge in [0.2, 0.25) is 5.91 Å². The number of halogens is 1. The molecule has 0 saturated carbocycles. The Morgan fingerprint density at radius 1 is 1.24 bits per heavy atom. The van der Waals surface area contributed by atoms with Gasteiger partial charge in [0.15, 0.2) is 5.82 Å². The van der Waals surface area contributed by atoms with Crippen molar-refractivity contribution in [1.29, 1.82) is 0 Å². The quantitative estimate of drug-likeness (QED) is 0.683. The molecule has 4 rings (SSSR count). The van der Waals surface area contributed by atoms with E-state index in [9.17, 15) is 17.6 Å². The molecule has 2 N–H and O–H groups in total. The number of nitrogens with zero attached hydrogens (tertiary/aromatic N) is 3. The molecule has 1 aromatic heterocycles. The summed E-state index contributed by atoms with van der Waals surface area (Å²) < 4.78 is 42.3. The van der Waals surface area contributed by atoms with Crippen molar-refractivity contribution in [2.45, 2.75) is 17.9 Å². The SMILES string of the molecule is C[C@H](N=C1NS(=O)(=O)c2ccccc21)C(=O)Nc1ccc(-n2cccn2)c(F)c1. The first-order chi connectivity index (χ1) is 13.8. The molecule has 2 aromatic carbocycles. The van der Waals surface area contributed by atoms with E-state index in [0.29, 0.717) is 5.56 Å². The Labute approximate surface area is 166 Å². The molecule has 0 saturated heterocycles. The Morgan fingerprint density at radius 3 is 2.76 bits per heavy atom. The van der Waals surface area contributed by atoms with E-state index in [1.54, 1.807) is 36.5 Å². The molecule has 2 heterocycles. The van der Waals surface area contributed by atoms with Crippen molar-refractivity contribution in [3.8, 4) is 5.69 Å². The molecule has 3 aromatic rings. The van der Waals surface area contributed by atoms with Crippen LogP contribution in [0.2, 0.25) is 0 Å². The third kappa shape index (κ3) is 3.61. The zero-order valence-electron chi connectivity index (χ0n) is 15.2. The third-order valence-corrected chi connectivity index (χ3v) is 5.73. The smallest absolute Gasteiger partial charge is 0.263 e. The monoisotopic (exact) mass is 413 g/mol. The molecule has 1 aliphatic rings. The summed E-state index contributed by atoms with van der Waals surface area (Å²) in [6, 6.07) is 11.4. The van der Waals surface area contributed by atoms with Gasteiger partial charge in [0.05, 0.1) is 4.90 Å². The highest BCUT2D eigenvalue weighted by atomic mass is 32.2. The van der Waals surface area contributed by atoms with Gasteiger partial charge in [-0.25, -0.2) is 17.5 Å². The molecule has 10 heteroatoms. The van der Waals surface area contributed by atoms with Crippen LogP contribution in [-0.2, 0) is 14.8 Å². The maximum Gasteiger partial charge on any atom is 0.263 e. The Kier molecular flexibility index (Phi) is 4.63. The first-order valence-corrected chi connectivity index (χ1v) is 10.1. The summed E-state index contributed by atoms with van der Waals surface area (Å²) in [5.41, 5.74) is 0.905. The van der Waals surface area contributed by atoms with Crippen molar-refractivity contribution in [2.75, 3.05) is 5.32 Å². The minimum atomic E-state index is -3.69. The molecule has 0 bridgehead atoms. The number of hydrogen-bond donors (Lipinski definition) is 2. The van der Waals surface area contributed by atoms with Gasteiger partial charge in [0.1, 0.15) is 17.6 Å². The van der Waals surface area contributed by atoms with Gasteiger partial charge in [0.25, 0.3) is 10.0 Å². The molecule has 0 spiro atoms. The zero-order valence-corrected chi connectivity index (χ0v) is 16.0. The summed E-state index contributed by atoms with van der Waals surface area (Å²) in [6.45, 7) is 1.52. The van der Waals surface area contributed by atoms with Crippen LogP contribution in [0.15, 0.2) is 70.8 Å². The van der Waals surface area contributed by atoms with Crippen LogP contribution in [0, 0.1) is 5.82 Å². The third-order valence-electron chi connectivity index (χ3n) is 4.33. The highest BCUT2D eigenvalue weighted by Gasteiger charge is 2.31. The van der Waals surface area contributed by atoms with Crippen molar-refractivity contribution in [2.24, 2.45) is 4.99 Å². The van der Waals surface area contributed by atoms with Crippen molar-refractivity contribution in [3.05, 3.63) is 72.3 Å². The van der Waals surface area contributed by atoms with Gasteiger partial charge in [-0.1, -0.05) is 12.1 Å². The van der Waals surface area contributed by atoms with Gasteiger partial charge in [-0.05, 0) is 43.3 Å². The number of anilines is 1. The largest absolute Gasteiger partial charge is 0.324 e. The number of aliphatic imine (C=N–C) groups is 1. The van der Waals surface area contributed by atoms with Gasteiger partial charge in [0, 0.05) is 23.6 Å². The van der Waals surface area contributed by atoms with Gasteiger partial charge >= 0.3 is 0 Å². The molecular weight excluding hydrogens is 397 g/mol. The van der Waals surface area contributed by atoms with Crippen molar-refractivity contribution in [1.82, 2.24) is 14.5 Å². The first kappa shape index (κ1) is 18.8. The van der Waals surface area contributed by atoms with E-state index in [1.807, 2.05) is 0 Å². The summed E-state index contributed by atoms with van der Waals surface area (Å²) in [5.74, 6) is -0.960. The number of carbonyl (C=O) groups excluding carboxylic acids is 1. The molecule has 1 atom stereocenters. The van der Waals surface area contributed by atoms with Crippen molar-refractivity contribution in [3.63, 3.8) is 0 Å². The average Bonchev–Trinajstić information content (AvgIpc) is 3.29. The van der Waals surface area contributed by atoms with Gasteiger partial charge < -0.3 is 5.32 Å². The minimum absolute atomic E-state index is 0.100. The zero-order chi connectivity index (χ0) is 20.6. The fraction of sp³-hybridized carbons (Fsp3) is 0.105. The number of rotatable bonds is 4. The van der Waals surface area contributed by atoms with Crippen LogP contribution in [0.25, 0.3) is 5.69 Å². The van der Waals surface area contributed by atoms with Crippen molar-refractivity contribution >= 4 is 27.5 Å². The second-order valence-corrected chi connectivity index (χ2v) is 8.01. The van der Waals surface area contributed by atoms with E-state index < -0.39 is 27.8 Å². The van der Waals surface area contributed by atoms with Crippen LogP contribution >= 0.6 is 0 Å². The lowest BCUT2D eigenvalue weighted by Gasteiger charge is -2.11. The second-order valence-electron chi connectivity index (χ2n) is 6.36. The number of fused-ring (bicyclic) bond motifs is 1.